The first-order valence-corrected chi connectivity index (χ1v) is 22.9. The predicted octanol–water partition coefficient (Wildman–Crippen LogP) is 16.2. The van der Waals surface area contributed by atoms with Crippen LogP contribution in [0.1, 0.15) is 106 Å². The monoisotopic (exact) mass is 778 g/mol. The highest BCUT2D eigenvalue weighted by Crippen LogP contribution is 2.56. The Morgan fingerprint density at radius 2 is 1.22 bits per heavy atom. The summed E-state index contributed by atoms with van der Waals surface area (Å²) in [5.41, 5.74) is 18.2. The average Bonchev–Trinajstić information content (AvgIpc) is 4.08. The Morgan fingerprint density at radius 1 is 0.533 bits per heavy atom. The van der Waals surface area contributed by atoms with Gasteiger partial charge in [0, 0.05) is 38.9 Å². The van der Waals surface area contributed by atoms with Crippen molar-refractivity contribution in [1.82, 2.24) is 4.57 Å². The lowest BCUT2D eigenvalue weighted by atomic mass is 9.82. The van der Waals surface area contributed by atoms with Crippen LogP contribution in [-0.2, 0) is 5.41 Å². The summed E-state index contributed by atoms with van der Waals surface area (Å²) in [7, 11) is 0. The van der Waals surface area contributed by atoms with Crippen molar-refractivity contribution in [3.8, 4) is 27.9 Å². The van der Waals surface area contributed by atoms with E-state index in [1.54, 1.807) is 0 Å². The summed E-state index contributed by atoms with van der Waals surface area (Å²) < 4.78 is 2.47. The van der Waals surface area contributed by atoms with Gasteiger partial charge in [-0.3, -0.25) is 0 Å². The third kappa shape index (κ3) is 5.74. The van der Waals surface area contributed by atoms with Gasteiger partial charge in [0.2, 0.25) is 0 Å². The van der Waals surface area contributed by atoms with Gasteiger partial charge in [0.25, 0.3) is 0 Å². The maximum absolute atomic E-state index is 2.53. The molecule has 0 saturated heterocycles. The molecule has 1 aromatic heterocycles. The van der Waals surface area contributed by atoms with Gasteiger partial charge in [-0.1, -0.05) is 131 Å². The molecule has 0 amide bonds. The minimum Gasteiger partial charge on any atom is -0.310 e. The Morgan fingerprint density at radius 3 is 1.92 bits per heavy atom. The van der Waals surface area contributed by atoms with Crippen molar-refractivity contribution in [2.24, 2.45) is 11.8 Å². The second kappa shape index (κ2) is 14.1. The Bertz CT molecular complexity index is 2880. The van der Waals surface area contributed by atoms with Crippen LogP contribution in [0.25, 0.3) is 49.7 Å². The summed E-state index contributed by atoms with van der Waals surface area (Å²) in [6, 6.07) is 60.3. The fraction of sp³-hybridized carbons (Fsp3) is 0.276. The van der Waals surface area contributed by atoms with Crippen LogP contribution in [0.4, 0.5) is 17.1 Å². The van der Waals surface area contributed by atoms with Gasteiger partial charge in [-0.15, -0.1) is 0 Å². The zero-order chi connectivity index (χ0) is 40.0. The van der Waals surface area contributed by atoms with E-state index >= 15 is 0 Å². The van der Waals surface area contributed by atoms with Crippen LogP contribution in [-0.4, -0.2) is 4.57 Å². The number of benzene rings is 7. The molecule has 3 fully saturated rings. The van der Waals surface area contributed by atoms with Crippen LogP contribution in [0.3, 0.4) is 0 Å². The van der Waals surface area contributed by atoms with Crippen LogP contribution in [0.5, 0.6) is 0 Å². The smallest absolute Gasteiger partial charge is 0.0547 e. The SMILES string of the molecule is CC1(C)c2cc(N(c3ccc(C4CCCCC4)cc3)c3ccc(C4CC5CCC4C5)cc3)ccc2-c2c1ccc1c2c2cc(-c3ccccc3)ccc2n1-c1ccccc1. The van der Waals surface area contributed by atoms with Crippen molar-refractivity contribution in [3.63, 3.8) is 0 Å². The van der Waals surface area contributed by atoms with Gasteiger partial charge in [0.1, 0.15) is 0 Å². The van der Waals surface area contributed by atoms with E-state index in [0.29, 0.717) is 5.92 Å². The summed E-state index contributed by atoms with van der Waals surface area (Å²) in [4.78, 5) is 2.53. The maximum atomic E-state index is 2.53. The highest BCUT2D eigenvalue weighted by atomic mass is 15.1. The molecule has 2 nitrogen and oxygen atoms in total. The number of para-hydroxylation sites is 1. The third-order valence-electron chi connectivity index (χ3n) is 15.5. The second-order valence-corrected chi connectivity index (χ2v) is 19.1. The van der Waals surface area contributed by atoms with Crippen molar-refractivity contribution in [3.05, 3.63) is 180 Å². The molecule has 0 spiro atoms. The highest BCUT2D eigenvalue weighted by molar-refractivity contribution is 6.18. The van der Waals surface area contributed by atoms with Crippen LogP contribution >= 0.6 is 0 Å². The molecule has 12 rings (SSSR count). The van der Waals surface area contributed by atoms with E-state index in [2.05, 4.69) is 181 Å². The number of aromatic nitrogens is 1. The third-order valence-corrected chi connectivity index (χ3v) is 15.5. The van der Waals surface area contributed by atoms with Crippen molar-refractivity contribution < 1.29 is 0 Å². The number of anilines is 3. The highest BCUT2D eigenvalue weighted by Gasteiger charge is 2.41. The maximum Gasteiger partial charge on any atom is 0.0547 e. The average molecular weight is 779 g/mol. The Balaban J connectivity index is 1.01. The summed E-state index contributed by atoms with van der Waals surface area (Å²) in [6.45, 7) is 4.87. The van der Waals surface area contributed by atoms with Crippen molar-refractivity contribution >= 4 is 38.9 Å². The molecule has 3 atom stereocenters. The van der Waals surface area contributed by atoms with E-state index in [-0.39, 0.29) is 5.41 Å². The van der Waals surface area contributed by atoms with E-state index in [4.69, 9.17) is 0 Å². The molecule has 7 aromatic carbocycles. The van der Waals surface area contributed by atoms with Gasteiger partial charge in [0.05, 0.1) is 11.0 Å². The van der Waals surface area contributed by atoms with E-state index in [0.717, 1.165) is 17.8 Å². The van der Waals surface area contributed by atoms with Gasteiger partial charge in [0.15, 0.2) is 0 Å². The first kappa shape index (κ1) is 36.0. The largest absolute Gasteiger partial charge is 0.310 e. The molecule has 0 radical (unpaired) electrons. The fourth-order valence-electron chi connectivity index (χ4n) is 12.4. The van der Waals surface area contributed by atoms with Crippen LogP contribution in [0.2, 0.25) is 0 Å². The first-order chi connectivity index (χ1) is 29.5. The summed E-state index contributed by atoms with van der Waals surface area (Å²) in [6.07, 6.45) is 12.4. The minimum atomic E-state index is -0.185. The molecule has 3 saturated carbocycles. The Kier molecular flexibility index (Phi) is 8.48. The molecule has 8 aromatic rings. The molecule has 0 N–H and O–H groups in total. The molecule has 0 aliphatic heterocycles. The number of nitrogens with zero attached hydrogens (tertiary/aromatic N) is 2. The zero-order valence-electron chi connectivity index (χ0n) is 35.1. The fourth-order valence-corrected chi connectivity index (χ4v) is 12.4. The minimum absolute atomic E-state index is 0.185. The van der Waals surface area contributed by atoms with Gasteiger partial charge in [-0.2, -0.15) is 0 Å². The summed E-state index contributed by atoms with van der Waals surface area (Å²) in [5, 5.41) is 2.64. The quantitative estimate of drug-likeness (QED) is 0.156. The summed E-state index contributed by atoms with van der Waals surface area (Å²) >= 11 is 0. The molecule has 1 heterocycles. The van der Waals surface area contributed by atoms with E-state index in [9.17, 15) is 0 Å². The summed E-state index contributed by atoms with van der Waals surface area (Å²) in [5.74, 6) is 3.24. The number of rotatable bonds is 7. The van der Waals surface area contributed by atoms with Gasteiger partial charge in [-0.05, 0) is 167 Å². The standard InChI is InChI=1S/C58H54N2/c1-58(2)52-31-33-55-57(51-36-43(40-14-8-4-9-15-40)24-32-54(51)60(55)45-16-10-5-11-17-45)56(52)49-30-29-48(37-53(49)58)59(46-25-20-41(21-26-46)39-12-6-3-7-13-39)47-27-22-42(23-28-47)50-35-38-18-19-44(50)34-38/h4-5,8-11,14-17,20-33,36-39,44,50H,3,6-7,12-13,18-19,34-35H2,1-2H3. The molecule has 296 valence electrons. The zero-order valence-corrected chi connectivity index (χ0v) is 35.1. The lowest BCUT2D eigenvalue weighted by Gasteiger charge is -2.29. The molecular weight excluding hydrogens is 725 g/mol. The number of hydrogen-bond acceptors (Lipinski definition) is 1. The molecule has 4 aliphatic rings. The van der Waals surface area contributed by atoms with Crippen molar-refractivity contribution in [2.45, 2.75) is 88.9 Å². The first-order valence-electron chi connectivity index (χ1n) is 22.9. The molecule has 4 aliphatic carbocycles. The lowest BCUT2D eigenvalue weighted by molar-refractivity contribution is 0.420. The molecule has 60 heavy (non-hydrogen) atoms. The molecule has 3 unspecified atom stereocenters. The molecule has 2 bridgehead atoms. The predicted molar refractivity (Wildman–Crippen MR) is 252 cm³/mol. The Hall–Kier alpha value is -5.86. The van der Waals surface area contributed by atoms with Gasteiger partial charge < -0.3 is 9.47 Å². The normalized spacial score (nSPS) is 20.5. The second-order valence-electron chi connectivity index (χ2n) is 19.1. The van der Waals surface area contributed by atoms with Crippen LogP contribution in [0.15, 0.2) is 158 Å². The molecular formula is C58H54N2. The van der Waals surface area contributed by atoms with Crippen LogP contribution in [0, 0.1) is 11.8 Å². The van der Waals surface area contributed by atoms with Crippen LogP contribution < -0.4 is 4.90 Å². The van der Waals surface area contributed by atoms with Gasteiger partial charge in [-0.25, -0.2) is 0 Å². The van der Waals surface area contributed by atoms with E-state index in [1.165, 1.54) is 147 Å². The van der Waals surface area contributed by atoms with E-state index in [1.807, 2.05) is 0 Å². The van der Waals surface area contributed by atoms with Crippen molar-refractivity contribution in [1.29, 1.82) is 0 Å². The topological polar surface area (TPSA) is 8.17 Å². The molecule has 2 heteroatoms. The van der Waals surface area contributed by atoms with Gasteiger partial charge >= 0.3 is 0 Å². The number of fused-ring (bicyclic) bond motifs is 9. The Labute approximate surface area is 355 Å². The number of hydrogen-bond donors (Lipinski definition) is 0. The van der Waals surface area contributed by atoms with E-state index < -0.39 is 0 Å². The van der Waals surface area contributed by atoms with Crippen molar-refractivity contribution in [2.75, 3.05) is 4.90 Å². The lowest BCUT2D eigenvalue weighted by Crippen LogP contribution is -2.17.